The number of hydrogen-bond acceptors (Lipinski definition) is 2. The molecule has 1 heterocycles. The number of thiophene rings is 1. The van der Waals surface area contributed by atoms with Gasteiger partial charge >= 0.3 is 0 Å². The van der Waals surface area contributed by atoms with E-state index in [2.05, 4.69) is 15.9 Å². The number of hydrogen-bond donors (Lipinski definition) is 1. The predicted molar refractivity (Wildman–Crippen MR) is 69.1 cm³/mol. The van der Waals surface area contributed by atoms with Crippen molar-refractivity contribution >= 4 is 27.3 Å². The molecule has 1 nitrogen and oxygen atoms in total. The molecule has 0 saturated carbocycles. The molecule has 16 heavy (non-hydrogen) atoms. The Balaban J connectivity index is 2.12. The normalized spacial score (nSPS) is 12.7. The van der Waals surface area contributed by atoms with Gasteiger partial charge in [-0.05, 0) is 62.4 Å². The first-order valence-corrected chi connectivity index (χ1v) is 6.62. The van der Waals surface area contributed by atoms with Crippen LogP contribution in [0.3, 0.4) is 0 Å². The summed E-state index contributed by atoms with van der Waals surface area (Å²) in [7, 11) is 0. The molecule has 1 unspecified atom stereocenters. The third-order valence-electron chi connectivity index (χ3n) is 2.41. The first kappa shape index (κ1) is 11.8. The van der Waals surface area contributed by atoms with E-state index in [1.807, 2.05) is 16.8 Å². The molecule has 0 aliphatic carbocycles. The molecule has 0 spiro atoms. The van der Waals surface area contributed by atoms with Crippen molar-refractivity contribution in [3.05, 3.63) is 56.4 Å². The SMILES string of the molecule is NC(Cc1ccc(F)c(Br)c1)c1ccsc1. The molecule has 2 N–H and O–H groups in total. The second kappa shape index (κ2) is 5.08. The molecule has 0 fully saturated rings. The summed E-state index contributed by atoms with van der Waals surface area (Å²) in [4.78, 5) is 0. The fourth-order valence-corrected chi connectivity index (χ4v) is 2.68. The second-order valence-corrected chi connectivity index (χ2v) is 5.25. The lowest BCUT2D eigenvalue weighted by Crippen LogP contribution is -2.12. The smallest absolute Gasteiger partial charge is 0.137 e. The van der Waals surface area contributed by atoms with Crippen LogP contribution in [0.15, 0.2) is 39.5 Å². The van der Waals surface area contributed by atoms with Crippen LogP contribution in [0.25, 0.3) is 0 Å². The highest BCUT2D eigenvalue weighted by Gasteiger charge is 2.08. The highest BCUT2D eigenvalue weighted by atomic mass is 79.9. The monoisotopic (exact) mass is 299 g/mol. The van der Waals surface area contributed by atoms with Gasteiger partial charge in [0.25, 0.3) is 0 Å². The lowest BCUT2D eigenvalue weighted by Gasteiger charge is -2.10. The van der Waals surface area contributed by atoms with Crippen molar-refractivity contribution < 1.29 is 4.39 Å². The van der Waals surface area contributed by atoms with Crippen LogP contribution in [0.2, 0.25) is 0 Å². The molecule has 84 valence electrons. The molecular weight excluding hydrogens is 289 g/mol. The maximum Gasteiger partial charge on any atom is 0.137 e. The number of nitrogens with two attached hydrogens (primary N) is 1. The van der Waals surface area contributed by atoms with E-state index in [4.69, 9.17) is 5.73 Å². The van der Waals surface area contributed by atoms with Crippen LogP contribution in [-0.2, 0) is 6.42 Å². The number of halogens is 2. The largest absolute Gasteiger partial charge is 0.324 e. The van der Waals surface area contributed by atoms with Crippen molar-refractivity contribution in [1.29, 1.82) is 0 Å². The fraction of sp³-hybridized carbons (Fsp3) is 0.167. The van der Waals surface area contributed by atoms with Gasteiger partial charge in [0.15, 0.2) is 0 Å². The fourth-order valence-electron chi connectivity index (χ4n) is 1.52. The highest BCUT2D eigenvalue weighted by Crippen LogP contribution is 2.22. The summed E-state index contributed by atoms with van der Waals surface area (Å²) in [6, 6.07) is 7.00. The minimum atomic E-state index is -0.243. The van der Waals surface area contributed by atoms with Crippen molar-refractivity contribution in [2.24, 2.45) is 5.73 Å². The summed E-state index contributed by atoms with van der Waals surface area (Å²) in [6.45, 7) is 0. The van der Waals surface area contributed by atoms with Gasteiger partial charge in [0, 0.05) is 6.04 Å². The summed E-state index contributed by atoms with van der Waals surface area (Å²) < 4.78 is 13.5. The zero-order valence-corrected chi connectivity index (χ0v) is 10.9. The van der Waals surface area contributed by atoms with E-state index in [9.17, 15) is 4.39 Å². The molecule has 0 amide bonds. The highest BCUT2D eigenvalue weighted by molar-refractivity contribution is 9.10. The predicted octanol–water partition coefficient (Wildman–Crippen LogP) is 3.89. The van der Waals surface area contributed by atoms with Gasteiger partial charge in [-0.25, -0.2) is 4.39 Å². The Labute approximate surface area is 106 Å². The molecule has 1 aromatic carbocycles. The third kappa shape index (κ3) is 2.70. The first-order chi connectivity index (χ1) is 7.66. The molecule has 1 atom stereocenters. The Morgan fingerprint density at radius 3 is 2.81 bits per heavy atom. The quantitative estimate of drug-likeness (QED) is 0.914. The summed E-state index contributed by atoms with van der Waals surface area (Å²) >= 11 is 4.81. The molecule has 0 saturated heterocycles. The van der Waals surface area contributed by atoms with Gasteiger partial charge in [-0.15, -0.1) is 0 Å². The molecule has 0 radical (unpaired) electrons. The summed E-state index contributed by atoms with van der Waals surface area (Å²) in [5.74, 6) is -0.243. The van der Waals surface area contributed by atoms with Gasteiger partial charge in [-0.1, -0.05) is 6.07 Å². The van der Waals surface area contributed by atoms with Gasteiger partial charge in [0.2, 0.25) is 0 Å². The van der Waals surface area contributed by atoms with Crippen LogP contribution >= 0.6 is 27.3 Å². The van der Waals surface area contributed by atoms with Crippen LogP contribution in [0.5, 0.6) is 0 Å². The third-order valence-corrected chi connectivity index (χ3v) is 3.72. The zero-order valence-electron chi connectivity index (χ0n) is 8.49. The Morgan fingerprint density at radius 1 is 1.38 bits per heavy atom. The van der Waals surface area contributed by atoms with Crippen LogP contribution in [0.1, 0.15) is 17.2 Å². The van der Waals surface area contributed by atoms with Crippen molar-refractivity contribution in [3.8, 4) is 0 Å². The van der Waals surface area contributed by atoms with E-state index in [0.29, 0.717) is 4.47 Å². The molecule has 2 aromatic rings. The minimum absolute atomic E-state index is 0.0244. The van der Waals surface area contributed by atoms with E-state index >= 15 is 0 Å². The van der Waals surface area contributed by atoms with Gasteiger partial charge in [0.05, 0.1) is 4.47 Å². The van der Waals surface area contributed by atoms with E-state index in [1.54, 1.807) is 23.5 Å². The number of rotatable bonds is 3. The maximum atomic E-state index is 13.0. The molecule has 0 aliphatic heterocycles. The lowest BCUT2D eigenvalue weighted by atomic mass is 10.0. The van der Waals surface area contributed by atoms with Crippen LogP contribution in [-0.4, -0.2) is 0 Å². The maximum absolute atomic E-state index is 13.0. The Morgan fingerprint density at radius 2 is 2.19 bits per heavy atom. The summed E-state index contributed by atoms with van der Waals surface area (Å²) in [5, 5.41) is 4.05. The van der Waals surface area contributed by atoms with E-state index < -0.39 is 0 Å². The second-order valence-electron chi connectivity index (χ2n) is 3.62. The van der Waals surface area contributed by atoms with Gasteiger partial charge in [-0.3, -0.25) is 0 Å². The average Bonchev–Trinajstić information content (AvgIpc) is 2.77. The van der Waals surface area contributed by atoms with Crippen molar-refractivity contribution in [3.63, 3.8) is 0 Å². The summed E-state index contributed by atoms with van der Waals surface area (Å²) in [5.41, 5.74) is 8.22. The topological polar surface area (TPSA) is 26.0 Å². The van der Waals surface area contributed by atoms with Crippen molar-refractivity contribution in [2.75, 3.05) is 0 Å². The van der Waals surface area contributed by atoms with Crippen LogP contribution < -0.4 is 5.73 Å². The zero-order chi connectivity index (χ0) is 11.5. The molecule has 4 heteroatoms. The molecule has 1 aromatic heterocycles. The molecular formula is C12H11BrFNS. The van der Waals surface area contributed by atoms with Crippen LogP contribution in [0, 0.1) is 5.82 Å². The lowest BCUT2D eigenvalue weighted by molar-refractivity contribution is 0.619. The Bertz CT molecular complexity index is 470. The van der Waals surface area contributed by atoms with Crippen molar-refractivity contribution in [2.45, 2.75) is 12.5 Å². The average molecular weight is 300 g/mol. The van der Waals surface area contributed by atoms with E-state index in [-0.39, 0.29) is 11.9 Å². The molecule has 2 rings (SSSR count). The molecule has 0 aliphatic rings. The van der Waals surface area contributed by atoms with Crippen LogP contribution in [0.4, 0.5) is 4.39 Å². The number of benzene rings is 1. The Kier molecular flexibility index (Phi) is 3.74. The van der Waals surface area contributed by atoms with E-state index in [0.717, 1.165) is 17.5 Å². The standard InChI is InChI=1S/C12H11BrFNS/c13-10-5-8(1-2-11(10)14)6-12(15)9-3-4-16-7-9/h1-5,7,12H,6,15H2. The summed E-state index contributed by atoms with van der Waals surface area (Å²) in [6.07, 6.45) is 0.718. The van der Waals surface area contributed by atoms with Gasteiger partial charge < -0.3 is 5.73 Å². The minimum Gasteiger partial charge on any atom is -0.324 e. The van der Waals surface area contributed by atoms with E-state index in [1.165, 1.54) is 6.07 Å². The van der Waals surface area contributed by atoms with Crippen molar-refractivity contribution in [1.82, 2.24) is 0 Å². The van der Waals surface area contributed by atoms with Gasteiger partial charge in [-0.2, -0.15) is 11.3 Å². The first-order valence-electron chi connectivity index (χ1n) is 4.88. The molecule has 0 bridgehead atoms. The van der Waals surface area contributed by atoms with Gasteiger partial charge in [0.1, 0.15) is 5.82 Å². The Hall–Kier alpha value is -0.710.